The van der Waals surface area contributed by atoms with Crippen molar-refractivity contribution in [2.75, 3.05) is 26.7 Å². The fraction of sp³-hybridized carbons (Fsp3) is 0.667. The van der Waals surface area contributed by atoms with Crippen molar-refractivity contribution in [3.05, 3.63) is 24.0 Å². The monoisotopic (exact) mass is 209 g/mol. The van der Waals surface area contributed by atoms with Crippen LogP contribution in [0.5, 0.6) is 0 Å². The van der Waals surface area contributed by atoms with Gasteiger partial charge in [-0.3, -0.25) is 0 Å². The standard InChI is InChI=1S/C12H23N3/c1-3-11(8-13-2)9-14-6-4-12-5-7-15-10-12/h5,7,10-11,13-15H,3-4,6,8-9H2,1-2H3. The van der Waals surface area contributed by atoms with Crippen LogP contribution in [0.3, 0.4) is 0 Å². The molecule has 1 atom stereocenters. The van der Waals surface area contributed by atoms with Crippen molar-refractivity contribution in [1.29, 1.82) is 0 Å². The number of aromatic nitrogens is 1. The van der Waals surface area contributed by atoms with Crippen LogP contribution in [0.2, 0.25) is 0 Å². The van der Waals surface area contributed by atoms with Crippen molar-refractivity contribution >= 4 is 0 Å². The Hall–Kier alpha value is -0.800. The Morgan fingerprint density at radius 2 is 2.27 bits per heavy atom. The topological polar surface area (TPSA) is 39.8 Å². The summed E-state index contributed by atoms with van der Waals surface area (Å²) in [4.78, 5) is 3.07. The largest absolute Gasteiger partial charge is 0.367 e. The zero-order valence-electron chi connectivity index (χ0n) is 9.84. The smallest absolute Gasteiger partial charge is 0.00378 e. The summed E-state index contributed by atoms with van der Waals surface area (Å²) in [7, 11) is 2.02. The fourth-order valence-electron chi connectivity index (χ4n) is 1.70. The average molecular weight is 209 g/mol. The van der Waals surface area contributed by atoms with Gasteiger partial charge in [-0.05, 0) is 50.7 Å². The summed E-state index contributed by atoms with van der Waals surface area (Å²) in [6.07, 6.45) is 6.38. The molecular formula is C12H23N3. The van der Waals surface area contributed by atoms with Crippen LogP contribution in [0.25, 0.3) is 0 Å². The molecule has 0 aromatic carbocycles. The van der Waals surface area contributed by atoms with Gasteiger partial charge in [0.2, 0.25) is 0 Å². The van der Waals surface area contributed by atoms with E-state index in [2.05, 4.69) is 34.8 Å². The van der Waals surface area contributed by atoms with Crippen molar-refractivity contribution in [3.8, 4) is 0 Å². The van der Waals surface area contributed by atoms with E-state index in [1.807, 2.05) is 13.2 Å². The summed E-state index contributed by atoms with van der Waals surface area (Å²) < 4.78 is 0. The Kier molecular flexibility index (Phi) is 6.12. The zero-order valence-corrected chi connectivity index (χ0v) is 9.84. The van der Waals surface area contributed by atoms with E-state index in [1.165, 1.54) is 12.0 Å². The predicted octanol–water partition coefficient (Wildman–Crippen LogP) is 1.39. The third-order valence-electron chi connectivity index (χ3n) is 2.76. The molecule has 0 saturated carbocycles. The maximum Gasteiger partial charge on any atom is 0.00378 e. The number of hydrogen-bond acceptors (Lipinski definition) is 2. The lowest BCUT2D eigenvalue weighted by Crippen LogP contribution is -2.30. The van der Waals surface area contributed by atoms with Crippen molar-refractivity contribution in [2.24, 2.45) is 5.92 Å². The Balaban J connectivity index is 2.05. The molecule has 1 aromatic rings. The van der Waals surface area contributed by atoms with Crippen LogP contribution in [0, 0.1) is 5.92 Å². The zero-order chi connectivity index (χ0) is 10.9. The van der Waals surface area contributed by atoms with Gasteiger partial charge >= 0.3 is 0 Å². The van der Waals surface area contributed by atoms with Crippen molar-refractivity contribution in [2.45, 2.75) is 19.8 Å². The third kappa shape index (κ3) is 5.00. The molecule has 0 saturated heterocycles. The number of nitrogens with one attached hydrogen (secondary N) is 3. The number of H-pyrrole nitrogens is 1. The maximum absolute atomic E-state index is 3.51. The van der Waals surface area contributed by atoms with Crippen LogP contribution in [0.1, 0.15) is 18.9 Å². The molecule has 0 fully saturated rings. The third-order valence-corrected chi connectivity index (χ3v) is 2.76. The summed E-state index contributed by atoms with van der Waals surface area (Å²) in [5.74, 6) is 0.751. The van der Waals surface area contributed by atoms with Crippen molar-refractivity contribution in [1.82, 2.24) is 15.6 Å². The van der Waals surface area contributed by atoms with Crippen LogP contribution < -0.4 is 10.6 Å². The summed E-state index contributed by atoms with van der Waals surface area (Å²) in [6.45, 7) is 5.53. The van der Waals surface area contributed by atoms with Gasteiger partial charge in [-0.15, -0.1) is 0 Å². The van der Waals surface area contributed by atoms with Crippen LogP contribution in [-0.2, 0) is 6.42 Å². The van der Waals surface area contributed by atoms with Gasteiger partial charge < -0.3 is 15.6 Å². The quantitative estimate of drug-likeness (QED) is 0.566. The van der Waals surface area contributed by atoms with Gasteiger partial charge in [-0.1, -0.05) is 13.3 Å². The van der Waals surface area contributed by atoms with E-state index in [4.69, 9.17) is 0 Å². The molecule has 1 aromatic heterocycles. The Labute approximate surface area is 92.7 Å². The first-order valence-electron chi connectivity index (χ1n) is 5.83. The maximum atomic E-state index is 3.51. The second kappa shape index (κ2) is 7.49. The van der Waals surface area contributed by atoms with E-state index >= 15 is 0 Å². The first kappa shape index (κ1) is 12.3. The van der Waals surface area contributed by atoms with Crippen LogP contribution >= 0.6 is 0 Å². The second-order valence-corrected chi connectivity index (χ2v) is 4.01. The molecule has 3 N–H and O–H groups in total. The summed E-state index contributed by atoms with van der Waals surface area (Å²) >= 11 is 0. The van der Waals surface area contributed by atoms with Gasteiger partial charge in [-0.2, -0.15) is 0 Å². The Morgan fingerprint density at radius 3 is 2.87 bits per heavy atom. The lowest BCUT2D eigenvalue weighted by Gasteiger charge is -2.14. The Bertz CT molecular complexity index is 231. The molecule has 1 heterocycles. The molecule has 0 aliphatic carbocycles. The molecule has 0 aliphatic rings. The summed E-state index contributed by atoms with van der Waals surface area (Å²) in [6, 6.07) is 2.13. The summed E-state index contributed by atoms with van der Waals surface area (Å²) in [5, 5.41) is 6.73. The van der Waals surface area contributed by atoms with Crippen molar-refractivity contribution < 1.29 is 0 Å². The Morgan fingerprint density at radius 1 is 1.40 bits per heavy atom. The molecule has 86 valence electrons. The number of aromatic amines is 1. The van der Waals surface area contributed by atoms with Crippen LogP contribution in [0.4, 0.5) is 0 Å². The molecular weight excluding hydrogens is 186 g/mol. The second-order valence-electron chi connectivity index (χ2n) is 4.01. The highest BCUT2D eigenvalue weighted by Gasteiger charge is 2.03. The average Bonchev–Trinajstić information content (AvgIpc) is 2.75. The first-order chi connectivity index (χ1) is 7.36. The van der Waals surface area contributed by atoms with E-state index in [9.17, 15) is 0 Å². The van der Waals surface area contributed by atoms with Gasteiger partial charge in [0.05, 0.1) is 0 Å². The highest BCUT2D eigenvalue weighted by molar-refractivity contribution is 5.08. The van der Waals surface area contributed by atoms with E-state index in [0.717, 1.165) is 32.0 Å². The normalized spacial score (nSPS) is 12.9. The molecule has 3 heteroatoms. The van der Waals surface area contributed by atoms with Crippen LogP contribution in [-0.4, -0.2) is 31.7 Å². The van der Waals surface area contributed by atoms with Gasteiger partial charge in [0.25, 0.3) is 0 Å². The van der Waals surface area contributed by atoms with Gasteiger partial charge in [0.1, 0.15) is 0 Å². The SMILES string of the molecule is CCC(CNC)CNCCc1cc[nH]c1. The predicted molar refractivity (Wildman–Crippen MR) is 65.1 cm³/mol. The van der Waals surface area contributed by atoms with Crippen molar-refractivity contribution in [3.63, 3.8) is 0 Å². The first-order valence-corrected chi connectivity index (χ1v) is 5.83. The number of hydrogen-bond donors (Lipinski definition) is 3. The highest BCUT2D eigenvalue weighted by Crippen LogP contribution is 1.99. The minimum absolute atomic E-state index is 0.751. The molecule has 0 radical (unpaired) electrons. The van der Waals surface area contributed by atoms with Gasteiger partial charge in [0, 0.05) is 12.4 Å². The molecule has 0 aliphatic heterocycles. The fourth-order valence-corrected chi connectivity index (χ4v) is 1.70. The van der Waals surface area contributed by atoms with E-state index in [-0.39, 0.29) is 0 Å². The molecule has 1 unspecified atom stereocenters. The van der Waals surface area contributed by atoms with E-state index in [1.54, 1.807) is 0 Å². The molecule has 0 bridgehead atoms. The molecule has 1 rings (SSSR count). The van der Waals surface area contributed by atoms with E-state index in [0.29, 0.717) is 0 Å². The lowest BCUT2D eigenvalue weighted by atomic mass is 10.1. The molecule has 0 spiro atoms. The van der Waals surface area contributed by atoms with Crippen LogP contribution in [0.15, 0.2) is 18.5 Å². The van der Waals surface area contributed by atoms with Gasteiger partial charge in [-0.25, -0.2) is 0 Å². The highest BCUT2D eigenvalue weighted by atomic mass is 14.9. The van der Waals surface area contributed by atoms with E-state index < -0.39 is 0 Å². The lowest BCUT2D eigenvalue weighted by molar-refractivity contribution is 0.447. The summed E-state index contributed by atoms with van der Waals surface area (Å²) in [5.41, 5.74) is 1.38. The van der Waals surface area contributed by atoms with Gasteiger partial charge in [0.15, 0.2) is 0 Å². The number of rotatable bonds is 8. The minimum Gasteiger partial charge on any atom is -0.367 e. The molecule has 3 nitrogen and oxygen atoms in total. The minimum atomic E-state index is 0.751. The molecule has 0 amide bonds. The molecule has 15 heavy (non-hydrogen) atoms.